The third kappa shape index (κ3) is 3.78. The van der Waals surface area contributed by atoms with Gasteiger partial charge in [0.15, 0.2) is 5.56 Å². The number of halogens is 3. The van der Waals surface area contributed by atoms with Crippen molar-refractivity contribution >= 4 is 11.6 Å². The molecule has 2 rings (SSSR count). The van der Waals surface area contributed by atoms with Gasteiger partial charge in [0.1, 0.15) is 11.5 Å². The van der Waals surface area contributed by atoms with E-state index < -0.39 is 35.0 Å². The van der Waals surface area contributed by atoms with Crippen molar-refractivity contribution in [3.8, 4) is 11.5 Å². The Balaban J connectivity index is 2.22. The minimum atomic E-state index is -4.87. The van der Waals surface area contributed by atoms with Crippen molar-refractivity contribution < 1.29 is 32.2 Å². The topological polar surface area (TPSA) is 88.8 Å². The summed E-state index contributed by atoms with van der Waals surface area (Å²) in [6.45, 7) is 0. The lowest BCUT2D eigenvalue weighted by molar-refractivity contribution is -0.274. The first-order valence-electron chi connectivity index (χ1n) is 5.74. The maximum absolute atomic E-state index is 12.1. The summed E-state index contributed by atoms with van der Waals surface area (Å²) >= 11 is 0. The van der Waals surface area contributed by atoms with E-state index in [1.165, 1.54) is 12.1 Å². The zero-order valence-corrected chi connectivity index (χ0v) is 10.7. The van der Waals surface area contributed by atoms with Gasteiger partial charge in [0.25, 0.3) is 5.91 Å². The van der Waals surface area contributed by atoms with Crippen LogP contribution in [0.25, 0.3) is 0 Å². The van der Waals surface area contributed by atoms with Crippen LogP contribution in [-0.2, 0) is 0 Å². The van der Waals surface area contributed by atoms with E-state index in [0.29, 0.717) is 0 Å². The molecule has 0 unspecified atom stereocenters. The maximum Gasteiger partial charge on any atom is 0.573 e. The molecule has 1 aromatic carbocycles. The molecule has 2 N–H and O–H groups in total. The van der Waals surface area contributed by atoms with E-state index in [4.69, 9.17) is 0 Å². The van der Waals surface area contributed by atoms with Crippen LogP contribution in [0.3, 0.4) is 0 Å². The van der Waals surface area contributed by atoms with E-state index in [1.807, 2.05) is 0 Å². The fraction of sp³-hybridized carbons (Fsp3) is 0.0769. The van der Waals surface area contributed by atoms with Crippen LogP contribution in [0.2, 0.25) is 0 Å². The number of hydrogen-bond donors (Lipinski definition) is 2. The Kier molecular flexibility index (Phi) is 4.06. The Morgan fingerprint density at radius 2 is 2.00 bits per heavy atom. The van der Waals surface area contributed by atoms with E-state index >= 15 is 0 Å². The molecule has 9 heteroatoms. The maximum atomic E-state index is 12.1. The predicted octanol–water partition coefficient (Wildman–Crippen LogP) is 2.50. The van der Waals surface area contributed by atoms with E-state index in [2.05, 4.69) is 14.5 Å². The summed E-state index contributed by atoms with van der Waals surface area (Å²) in [5.41, 5.74) is -1.81. The number of carbonyl (C=O) groups is 1. The van der Waals surface area contributed by atoms with E-state index in [1.54, 1.807) is 0 Å². The van der Waals surface area contributed by atoms with Gasteiger partial charge in [0.2, 0.25) is 0 Å². The van der Waals surface area contributed by atoms with Crippen LogP contribution in [0.5, 0.6) is 11.5 Å². The van der Waals surface area contributed by atoms with Crippen LogP contribution in [0.4, 0.5) is 18.9 Å². The van der Waals surface area contributed by atoms with Gasteiger partial charge in [0, 0.05) is 17.8 Å². The molecular formula is C13H8F3NO5. The third-order valence-electron chi connectivity index (χ3n) is 2.41. The quantitative estimate of drug-likeness (QED) is 0.908. The minimum absolute atomic E-state index is 0.0607. The molecule has 1 aromatic heterocycles. The highest BCUT2D eigenvalue weighted by molar-refractivity contribution is 6.05. The Morgan fingerprint density at radius 3 is 2.64 bits per heavy atom. The first-order valence-corrected chi connectivity index (χ1v) is 5.74. The van der Waals surface area contributed by atoms with Crippen molar-refractivity contribution in [3.05, 3.63) is 52.6 Å². The standard InChI is InChI=1S/C13H8F3NO5/c14-13(15,16)22-8-3-1-2-7(6-8)17-11(19)10-9(18)4-5-21-12(10)20/h1-6,18H,(H,17,19). The summed E-state index contributed by atoms with van der Waals surface area (Å²) in [6, 6.07) is 5.43. The van der Waals surface area contributed by atoms with Gasteiger partial charge >= 0.3 is 12.0 Å². The van der Waals surface area contributed by atoms with Crippen LogP contribution in [0.15, 0.2) is 45.8 Å². The van der Waals surface area contributed by atoms with Crippen molar-refractivity contribution in [2.45, 2.75) is 6.36 Å². The van der Waals surface area contributed by atoms with Gasteiger partial charge in [-0.1, -0.05) is 6.07 Å². The van der Waals surface area contributed by atoms with Crippen molar-refractivity contribution in [1.29, 1.82) is 0 Å². The third-order valence-corrected chi connectivity index (χ3v) is 2.41. The van der Waals surface area contributed by atoms with Gasteiger partial charge in [-0.25, -0.2) is 4.79 Å². The molecule has 0 aliphatic heterocycles. The molecule has 0 aliphatic carbocycles. The summed E-state index contributed by atoms with van der Waals surface area (Å²) in [5, 5.41) is 11.6. The van der Waals surface area contributed by atoms with Gasteiger partial charge in [-0.3, -0.25) is 4.79 Å². The number of benzene rings is 1. The highest BCUT2D eigenvalue weighted by Crippen LogP contribution is 2.25. The Hall–Kier alpha value is -2.97. The lowest BCUT2D eigenvalue weighted by Crippen LogP contribution is -2.21. The van der Waals surface area contributed by atoms with Crippen LogP contribution < -0.4 is 15.7 Å². The average molecular weight is 315 g/mol. The highest BCUT2D eigenvalue weighted by atomic mass is 19.4. The van der Waals surface area contributed by atoms with Crippen LogP contribution >= 0.6 is 0 Å². The van der Waals surface area contributed by atoms with Gasteiger partial charge in [0.05, 0.1) is 6.26 Å². The number of nitrogens with one attached hydrogen (secondary N) is 1. The monoisotopic (exact) mass is 315 g/mol. The number of anilines is 1. The van der Waals surface area contributed by atoms with Crippen molar-refractivity contribution in [3.63, 3.8) is 0 Å². The molecule has 0 saturated heterocycles. The zero-order valence-electron chi connectivity index (χ0n) is 10.7. The molecule has 0 fully saturated rings. The molecule has 0 aliphatic rings. The molecule has 0 atom stereocenters. The number of alkyl halides is 3. The summed E-state index contributed by atoms with van der Waals surface area (Å²) in [6.07, 6.45) is -3.98. The van der Waals surface area contributed by atoms with Crippen molar-refractivity contribution in [2.24, 2.45) is 0 Å². The highest BCUT2D eigenvalue weighted by Gasteiger charge is 2.31. The smallest absolute Gasteiger partial charge is 0.507 e. The number of amides is 1. The number of rotatable bonds is 3. The first-order chi connectivity index (χ1) is 10.3. The first kappa shape index (κ1) is 15.4. The fourth-order valence-corrected chi connectivity index (χ4v) is 1.58. The largest absolute Gasteiger partial charge is 0.573 e. The van der Waals surface area contributed by atoms with Crippen molar-refractivity contribution in [1.82, 2.24) is 0 Å². The molecule has 1 heterocycles. The number of carbonyl (C=O) groups excluding carboxylic acids is 1. The van der Waals surface area contributed by atoms with Gasteiger partial charge < -0.3 is 19.6 Å². The summed E-state index contributed by atoms with van der Waals surface area (Å²) in [5.74, 6) is -2.19. The normalized spacial score (nSPS) is 11.0. The minimum Gasteiger partial charge on any atom is -0.507 e. The molecule has 0 bridgehead atoms. The van der Waals surface area contributed by atoms with Crippen LogP contribution in [-0.4, -0.2) is 17.4 Å². The zero-order chi connectivity index (χ0) is 16.3. The van der Waals surface area contributed by atoms with E-state index in [-0.39, 0.29) is 5.69 Å². The molecule has 0 spiro atoms. The molecule has 1 amide bonds. The average Bonchev–Trinajstić information content (AvgIpc) is 2.36. The number of hydrogen-bond acceptors (Lipinski definition) is 5. The molecule has 2 aromatic rings. The van der Waals surface area contributed by atoms with Gasteiger partial charge in [-0.2, -0.15) is 0 Å². The van der Waals surface area contributed by atoms with Gasteiger partial charge in [-0.15, -0.1) is 13.2 Å². The molecule has 6 nitrogen and oxygen atoms in total. The Bertz CT molecular complexity index is 754. The van der Waals surface area contributed by atoms with Crippen LogP contribution in [0, 0.1) is 0 Å². The Labute approximate surface area is 120 Å². The number of ether oxygens (including phenoxy) is 1. The molecule has 0 saturated carbocycles. The van der Waals surface area contributed by atoms with Crippen LogP contribution in [0.1, 0.15) is 10.4 Å². The second-order valence-corrected chi connectivity index (χ2v) is 4.00. The molecule has 0 radical (unpaired) electrons. The fourth-order valence-electron chi connectivity index (χ4n) is 1.58. The second kappa shape index (κ2) is 5.80. The summed E-state index contributed by atoms with van der Waals surface area (Å²) in [7, 11) is 0. The molecule has 116 valence electrons. The molecule has 22 heavy (non-hydrogen) atoms. The van der Waals surface area contributed by atoms with Gasteiger partial charge in [-0.05, 0) is 12.1 Å². The van der Waals surface area contributed by atoms with E-state index in [9.17, 15) is 27.9 Å². The summed E-state index contributed by atoms with van der Waals surface area (Å²) in [4.78, 5) is 23.2. The Morgan fingerprint density at radius 1 is 1.27 bits per heavy atom. The van der Waals surface area contributed by atoms with E-state index in [0.717, 1.165) is 24.5 Å². The lowest BCUT2D eigenvalue weighted by atomic mass is 10.2. The second-order valence-electron chi connectivity index (χ2n) is 4.00. The SMILES string of the molecule is O=C(Nc1cccc(OC(F)(F)F)c1)c1c(O)ccoc1=O. The number of aromatic hydroxyl groups is 1. The lowest BCUT2D eigenvalue weighted by Gasteiger charge is -2.10. The summed E-state index contributed by atoms with van der Waals surface area (Å²) < 4.78 is 44.5. The molecular weight excluding hydrogens is 307 g/mol. The predicted molar refractivity (Wildman–Crippen MR) is 67.7 cm³/mol. The van der Waals surface area contributed by atoms with Crippen molar-refractivity contribution in [2.75, 3.05) is 5.32 Å².